The van der Waals surface area contributed by atoms with Crippen LogP contribution in [0.1, 0.15) is 23.0 Å². The van der Waals surface area contributed by atoms with Crippen molar-refractivity contribution in [3.8, 4) is 0 Å². The van der Waals surface area contributed by atoms with E-state index in [1.54, 1.807) is 24.5 Å². The van der Waals surface area contributed by atoms with Gasteiger partial charge in [0.1, 0.15) is 11.6 Å². The quantitative estimate of drug-likeness (QED) is 0.666. The zero-order chi connectivity index (χ0) is 13.8. The van der Waals surface area contributed by atoms with Crippen LogP contribution in [0.4, 0.5) is 4.39 Å². The number of aromatic nitrogens is 2. The largest absolute Gasteiger partial charge is 0.271 e. The molecule has 1 atom stereocenters. The number of rotatable bonds is 4. The monoisotopic (exact) mass is 280 g/mol. The minimum absolute atomic E-state index is 0.0955. The zero-order valence-electron chi connectivity index (χ0n) is 10.4. The second-order valence-corrected chi connectivity index (χ2v) is 4.66. The molecule has 0 radical (unpaired) electrons. The third-order valence-corrected chi connectivity index (χ3v) is 3.06. The van der Waals surface area contributed by atoms with Crippen LogP contribution in [-0.4, -0.2) is 9.97 Å². The smallest absolute Gasteiger partial charge is 0.146 e. The Hall–Kier alpha value is -1.56. The minimum Gasteiger partial charge on any atom is -0.271 e. The highest BCUT2D eigenvalue weighted by Crippen LogP contribution is 2.22. The van der Waals surface area contributed by atoms with Crippen LogP contribution in [0, 0.1) is 12.7 Å². The number of hydrogen-bond donors (Lipinski definition) is 2. The van der Waals surface area contributed by atoms with Gasteiger partial charge in [0.25, 0.3) is 0 Å². The maximum absolute atomic E-state index is 13.8. The molecule has 100 valence electrons. The molecule has 1 heterocycles. The molecule has 1 unspecified atom stereocenters. The van der Waals surface area contributed by atoms with Crippen molar-refractivity contribution >= 4 is 11.6 Å². The fraction of sp³-hybridized carbons (Fsp3) is 0.231. The van der Waals surface area contributed by atoms with E-state index in [9.17, 15) is 4.39 Å². The standard InChI is InChI=1S/C13H14ClFN4/c1-8-6-17-13(18-7-8)11(19-16)5-9-3-2-4-10(14)12(9)15/h2-4,6-7,11,19H,5,16H2,1H3. The average molecular weight is 281 g/mol. The number of halogens is 2. The molecule has 0 fully saturated rings. The van der Waals surface area contributed by atoms with E-state index in [0.29, 0.717) is 17.8 Å². The summed E-state index contributed by atoms with van der Waals surface area (Å²) in [5.41, 5.74) is 4.02. The summed E-state index contributed by atoms with van der Waals surface area (Å²) in [5, 5.41) is 0.0955. The van der Waals surface area contributed by atoms with Gasteiger partial charge in [-0.1, -0.05) is 23.7 Å². The van der Waals surface area contributed by atoms with Crippen molar-refractivity contribution in [1.29, 1.82) is 0 Å². The van der Waals surface area contributed by atoms with Crippen molar-refractivity contribution < 1.29 is 4.39 Å². The van der Waals surface area contributed by atoms with Gasteiger partial charge in [-0.2, -0.15) is 0 Å². The third kappa shape index (κ3) is 3.26. The number of nitrogens with zero attached hydrogens (tertiary/aromatic N) is 2. The summed E-state index contributed by atoms with van der Waals surface area (Å²) in [7, 11) is 0. The predicted molar refractivity (Wildman–Crippen MR) is 71.9 cm³/mol. The van der Waals surface area contributed by atoms with Crippen LogP contribution in [0.2, 0.25) is 5.02 Å². The molecule has 0 spiro atoms. The van der Waals surface area contributed by atoms with Gasteiger partial charge in [0.05, 0.1) is 11.1 Å². The van der Waals surface area contributed by atoms with Gasteiger partial charge in [-0.3, -0.25) is 5.84 Å². The van der Waals surface area contributed by atoms with Crippen molar-refractivity contribution in [2.45, 2.75) is 19.4 Å². The van der Waals surface area contributed by atoms with Crippen LogP contribution in [0.3, 0.4) is 0 Å². The Kier molecular flexibility index (Phi) is 4.42. The van der Waals surface area contributed by atoms with E-state index in [1.807, 2.05) is 6.92 Å². The fourth-order valence-electron chi connectivity index (χ4n) is 1.73. The lowest BCUT2D eigenvalue weighted by atomic mass is 10.1. The Balaban J connectivity index is 2.24. The van der Waals surface area contributed by atoms with E-state index in [1.165, 1.54) is 6.07 Å². The highest BCUT2D eigenvalue weighted by Gasteiger charge is 2.16. The molecule has 1 aromatic heterocycles. The molecule has 0 amide bonds. The molecule has 3 N–H and O–H groups in total. The maximum atomic E-state index is 13.8. The molecule has 19 heavy (non-hydrogen) atoms. The number of hydrogen-bond acceptors (Lipinski definition) is 4. The first-order valence-electron chi connectivity index (χ1n) is 5.79. The molecule has 1 aromatic carbocycles. The molecular weight excluding hydrogens is 267 g/mol. The molecule has 2 rings (SSSR count). The van der Waals surface area contributed by atoms with Crippen LogP contribution in [0.5, 0.6) is 0 Å². The van der Waals surface area contributed by atoms with Gasteiger partial charge in [0.15, 0.2) is 0 Å². The van der Waals surface area contributed by atoms with E-state index in [0.717, 1.165) is 5.56 Å². The van der Waals surface area contributed by atoms with Crippen LogP contribution in [0.15, 0.2) is 30.6 Å². The van der Waals surface area contributed by atoms with E-state index in [-0.39, 0.29) is 11.1 Å². The number of nitrogens with two attached hydrogens (primary N) is 1. The lowest BCUT2D eigenvalue weighted by Crippen LogP contribution is -2.31. The summed E-state index contributed by atoms with van der Waals surface area (Å²) in [6.07, 6.45) is 3.72. The second-order valence-electron chi connectivity index (χ2n) is 4.25. The summed E-state index contributed by atoms with van der Waals surface area (Å²) >= 11 is 5.75. The van der Waals surface area contributed by atoms with Crippen LogP contribution in [-0.2, 0) is 6.42 Å². The molecule has 4 nitrogen and oxygen atoms in total. The Bertz CT molecular complexity index is 559. The topological polar surface area (TPSA) is 63.8 Å². The molecule has 0 aliphatic rings. The highest BCUT2D eigenvalue weighted by atomic mass is 35.5. The first kappa shape index (κ1) is 13.9. The highest BCUT2D eigenvalue weighted by molar-refractivity contribution is 6.30. The third-order valence-electron chi connectivity index (χ3n) is 2.77. The Labute approximate surface area is 115 Å². The number of nitrogens with one attached hydrogen (secondary N) is 1. The maximum Gasteiger partial charge on any atom is 0.146 e. The molecule has 0 aliphatic heterocycles. The van der Waals surface area contributed by atoms with E-state index >= 15 is 0 Å². The molecule has 0 saturated carbocycles. The number of hydrazine groups is 1. The molecule has 0 aliphatic carbocycles. The normalized spacial score (nSPS) is 12.4. The van der Waals surface area contributed by atoms with Gasteiger partial charge in [0, 0.05) is 12.4 Å². The molecule has 0 bridgehead atoms. The zero-order valence-corrected chi connectivity index (χ0v) is 11.2. The van der Waals surface area contributed by atoms with Crippen molar-refractivity contribution in [2.75, 3.05) is 0 Å². The van der Waals surface area contributed by atoms with Crippen LogP contribution < -0.4 is 11.3 Å². The first-order chi connectivity index (χ1) is 9.11. The lowest BCUT2D eigenvalue weighted by molar-refractivity contribution is 0.506. The van der Waals surface area contributed by atoms with Crippen LogP contribution in [0.25, 0.3) is 0 Å². The summed E-state index contributed by atoms with van der Waals surface area (Å²) in [5.74, 6) is 5.58. The van der Waals surface area contributed by atoms with E-state index in [4.69, 9.17) is 17.4 Å². The number of benzene rings is 1. The number of aryl methyl sites for hydroxylation is 1. The van der Waals surface area contributed by atoms with Crippen molar-refractivity contribution in [2.24, 2.45) is 5.84 Å². The average Bonchev–Trinajstić information content (AvgIpc) is 2.42. The summed E-state index contributed by atoms with van der Waals surface area (Å²) < 4.78 is 13.8. The van der Waals surface area contributed by atoms with Gasteiger partial charge >= 0.3 is 0 Å². The predicted octanol–water partition coefficient (Wildman–Crippen LogP) is 2.32. The van der Waals surface area contributed by atoms with Crippen molar-refractivity contribution in [3.63, 3.8) is 0 Å². The Morgan fingerprint density at radius 1 is 1.37 bits per heavy atom. The second kappa shape index (κ2) is 6.06. The molecular formula is C13H14ClFN4. The molecule has 6 heteroatoms. The SMILES string of the molecule is Cc1cnc(C(Cc2cccc(Cl)c2F)NN)nc1. The minimum atomic E-state index is -0.434. The van der Waals surface area contributed by atoms with Crippen LogP contribution >= 0.6 is 11.6 Å². The lowest BCUT2D eigenvalue weighted by Gasteiger charge is -2.15. The molecule has 0 saturated heterocycles. The Morgan fingerprint density at radius 2 is 2.05 bits per heavy atom. The Morgan fingerprint density at radius 3 is 2.68 bits per heavy atom. The summed E-state index contributed by atoms with van der Waals surface area (Å²) in [6, 6.07) is 4.51. The fourth-order valence-corrected chi connectivity index (χ4v) is 1.93. The van der Waals surface area contributed by atoms with Gasteiger partial charge < -0.3 is 0 Å². The van der Waals surface area contributed by atoms with Crippen molar-refractivity contribution in [3.05, 3.63) is 58.4 Å². The van der Waals surface area contributed by atoms with E-state index in [2.05, 4.69) is 15.4 Å². The van der Waals surface area contributed by atoms with Gasteiger partial charge in [-0.05, 0) is 30.5 Å². The molecule has 2 aromatic rings. The first-order valence-corrected chi connectivity index (χ1v) is 6.17. The van der Waals surface area contributed by atoms with E-state index < -0.39 is 5.82 Å². The summed E-state index contributed by atoms with van der Waals surface area (Å²) in [6.45, 7) is 1.89. The van der Waals surface area contributed by atoms with Crippen molar-refractivity contribution in [1.82, 2.24) is 15.4 Å². The summed E-state index contributed by atoms with van der Waals surface area (Å²) in [4.78, 5) is 8.38. The van der Waals surface area contributed by atoms with Gasteiger partial charge in [-0.25, -0.2) is 19.8 Å². The van der Waals surface area contributed by atoms with Gasteiger partial charge in [0.2, 0.25) is 0 Å². The van der Waals surface area contributed by atoms with Gasteiger partial charge in [-0.15, -0.1) is 0 Å².